The highest BCUT2D eigenvalue weighted by Gasteiger charge is 2.48. The van der Waals surface area contributed by atoms with Gasteiger partial charge in [-0.2, -0.15) is 0 Å². The Labute approximate surface area is 115 Å². The molecule has 1 aromatic rings. The predicted octanol–water partition coefficient (Wildman–Crippen LogP) is 3.61. The summed E-state index contributed by atoms with van der Waals surface area (Å²) in [5.41, 5.74) is 1.99. The molecule has 0 aromatic heterocycles. The fourth-order valence-electron chi connectivity index (χ4n) is 3.60. The zero-order chi connectivity index (χ0) is 12.3. The minimum Gasteiger partial charge on any atom is -0.492 e. The Bertz CT molecular complexity index is 528. The quantitative estimate of drug-likeness (QED) is 0.780. The van der Waals surface area contributed by atoms with Gasteiger partial charge in [-0.05, 0) is 48.8 Å². The molecule has 2 saturated carbocycles. The van der Waals surface area contributed by atoms with Crippen molar-refractivity contribution in [2.24, 2.45) is 17.8 Å². The number of carbonyl (C=O) groups excluding carboxylic acids is 1. The van der Waals surface area contributed by atoms with E-state index in [1.165, 1.54) is 12.0 Å². The van der Waals surface area contributed by atoms with Gasteiger partial charge in [-0.1, -0.05) is 15.9 Å². The molecule has 1 aliphatic heterocycles. The lowest BCUT2D eigenvalue weighted by Gasteiger charge is -2.13. The lowest BCUT2D eigenvalue weighted by atomic mass is 9.92. The summed E-state index contributed by atoms with van der Waals surface area (Å²) in [5.74, 6) is 3.10. The van der Waals surface area contributed by atoms with Crippen LogP contribution in [0.3, 0.4) is 0 Å². The third-order valence-corrected chi connectivity index (χ3v) is 5.09. The molecule has 94 valence electrons. The molecule has 1 heterocycles. The van der Waals surface area contributed by atoms with E-state index in [9.17, 15) is 4.79 Å². The minimum absolute atomic E-state index is 0.247. The number of ether oxygens (including phenoxy) is 1. The first-order chi connectivity index (χ1) is 8.72. The van der Waals surface area contributed by atoms with Gasteiger partial charge in [-0.25, -0.2) is 0 Å². The molecule has 0 radical (unpaired) electrons. The van der Waals surface area contributed by atoms with Crippen LogP contribution in [0.4, 0.5) is 0 Å². The van der Waals surface area contributed by atoms with E-state index in [-0.39, 0.29) is 5.92 Å². The summed E-state index contributed by atoms with van der Waals surface area (Å²) < 4.78 is 6.66. The number of halogens is 1. The number of carbonyl (C=O) groups is 1. The molecule has 2 unspecified atom stereocenters. The predicted molar refractivity (Wildman–Crippen MR) is 72.0 cm³/mol. The molecule has 4 rings (SSSR count). The van der Waals surface area contributed by atoms with E-state index in [1.54, 1.807) is 0 Å². The van der Waals surface area contributed by atoms with Gasteiger partial charge < -0.3 is 4.74 Å². The number of benzene rings is 1. The van der Waals surface area contributed by atoms with Crippen molar-refractivity contribution in [2.75, 3.05) is 6.61 Å². The van der Waals surface area contributed by atoms with Crippen LogP contribution < -0.4 is 4.74 Å². The molecular formula is C15H15BrO2. The molecule has 1 aromatic carbocycles. The highest BCUT2D eigenvalue weighted by atomic mass is 79.9. The Hall–Kier alpha value is -0.830. The maximum absolute atomic E-state index is 12.6. The van der Waals surface area contributed by atoms with E-state index < -0.39 is 0 Å². The van der Waals surface area contributed by atoms with Gasteiger partial charge in [-0.3, -0.25) is 4.79 Å². The Morgan fingerprint density at radius 1 is 1.22 bits per heavy atom. The Balaban J connectivity index is 1.69. The molecule has 0 amide bonds. The van der Waals surface area contributed by atoms with Crippen molar-refractivity contribution < 1.29 is 9.53 Å². The summed E-state index contributed by atoms with van der Waals surface area (Å²) >= 11 is 3.51. The smallest absolute Gasteiger partial charge is 0.169 e. The fraction of sp³-hybridized carbons (Fsp3) is 0.533. The Morgan fingerprint density at radius 3 is 2.78 bits per heavy atom. The number of rotatable bonds is 2. The Morgan fingerprint density at radius 2 is 2.00 bits per heavy atom. The zero-order valence-electron chi connectivity index (χ0n) is 10.1. The fourth-order valence-corrected chi connectivity index (χ4v) is 4.11. The van der Waals surface area contributed by atoms with Gasteiger partial charge in [0, 0.05) is 16.8 Å². The van der Waals surface area contributed by atoms with E-state index >= 15 is 0 Å². The van der Waals surface area contributed by atoms with Crippen LogP contribution >= 0.6 is 15.9 Å². The van der Waals surface area contributed by atoms with Gasteiger partial charge in [0.15, 0.2) is 5.78 Å². The van der Waals surface area contributed by atoms with Gasteiger partial charge in [-0.15, -0.1) is 0 Å². The largest absolute Gasteiger partial charge is 0.492 e. The number of Topliss-reactive ketones (excluding diaryl/α,β-unsaturated/α-hetero) is 1. The average Bonchev–Trinajstić information content (AvgIpc) is 2.80. The maximum atomic E-state index is 12.6. The lowest BCUT2D eigenvalue weighted by Crippen LogP contribution is -2.14. The highest BCUT2D eigenvalue weighted by Crippen LogP contribution is 2.55. The van der Waals surface area contributed by atoms with Crippen LogP contribution in [0.25, 0.3) is 0 Å². The van der Waals surface area contributed by atoms with Crippen LogP contribution in [0.15, 0.2) is 16.6 Å². The van der Waals surface area contributed by atoms with Crippen molar-refractivity contribution >= 4 is 21.7 Å². The summed E-state index contributed by atoms with van der Waals surface area (Å²) in [6.07, 6.45) is 4.48. The number of hydrogen-bond donors (Lipinski definition) is 0. The Kier molecular flexibility index (Phi) is 2.35. The van der Waals surface area contributed by atoms with Crippen molar-refractivity contribution in [3.8, 4) is 5.75 Å². The maximum Gasteiger partial charge on any atom is 0.169 e. The summed E-state index contributed by atoms with van der Waals surface area (Å²) in [6, 6.07) is 4.02. The van der Waals surface area contributed by atoms with E-state index in [0.717, 1.165) is 46.9 Å². The van der Waals surface area contributed by atoms with E-state index in [1.807, 2.05) is 6.07 Å². The van der Waals surface area contributed by atoms with E-state index in [0.29, 0.717) is 12.4 Å². The average molecular weight is 307 g/mol. The molecule has 2 aliphatic carbocycles. The van der Waals surface area contributed by atoms with Crippen molar-refractivity contribution in [3.05, 3.63) is 27.7 Å². The van der Waals surface area contributed by atoms with Crippen LogP contribution in [-0.2, 0) is 6.42 Å². The number of hydrogen-bond acceptors (Lipinski definition) is 2. The lowest BCUT2D eigenvalue weighted by molar-refractivity contribution is 0.0911. The molecule has 2 atom stereocenters. The van der Waals surface area contributed by atoms with Crippen molar-refractivity contribution in [2.45, 2.75) is 25.7 Å². The van der Waals surface area contributed by atoms with Crippen molar-refractivity contribution in [1.82, 2.24) is 0 Å². The molecule has 0 N–H and O–H groups in total. The number of fused-ring (bicyclic) bond motifs is 2. The van der Waals surface area contributed by atoms with Crippen LogP contribution in [0.5, 0.6) is 5.75 Å². The first-order valence-corrected chi connectivity index (χ1v) is 7.51. The zero-order valence-corrected chi connectivity index (χ0v) is 11.7. The highest BCUT2D eigenvalue weighted by molar-refractivity contribution is 9.10. The second kappa shape index (κ2) is 3.83. The van der Waals surface area contributed by atoms with Gasteiger partial charge >= 0.3 is 0 Å². The summed E-state index contributed by atoms with van der Waals surface area (Å²) in [4.78, 5) is 12.6. The molecule has 3 heteroatoms. The molecule has 2 nitrogen and oxygen atoms in total. The summed E-state index contributed by atoms with van der Waals surface area (Å²) in [7, 11) is 0. The number of ketones is 1. The molecule has 0 saturated heterocycles. The van der Waals surface area contributed by atoms with E-state index in [4.69, 9.17) is 4.74 Å². The van der Waals surface area contributed by atoms with Crippen LogP contribution in [0, 0.1) is 17.8 Å². The second-order valence-electron chi connectivity index (χ2n) is 5.83. The first-order valence-electron chi connectivity index (χ1n) is 6.72. The first kappa shape index (κ1) is 11.0. The standard InChI is InChI=1S/C15H15BrO2/c16-12-6-8-1-2-18-15(8)13(7-12)14(17)11-4-9-3-10(9)5-11/h6-7,9-11H,1-5H2. The summed E-state index contributed by atoms with van der Waals surface area (Å²) in [5, 5.41) is 0. The summed E-state index contributed by atoms with van der Waals surface area (Å²) in [6.45, 7) is 0.710. The third kappa shape index (κ3) is 1.63. The van der Waals surface area contributed by atoms with Crippen molar-refractivity contribution in [3.63, 3.8) is 0 Å². The molecule has 2 fully saturated rings. The minimum atomic E-state index is 0.247. The molecule has 0 spiro atoms. The second-order valence-corrected chi connectivity index (χ2v) is 6.74. The molecule has 18 heavy (non-hydrogen) atoms. The molecule has 0 bridgehead atoms. The van der Waals surface area contributed by atoms with Gasteiger partial charge in [0.1, 0.15) is 5.75 Å². The SMILES string of the molecule is O=C(c1cc(Br)cc2c1OCC2)C1CC2CC2C1. The monoisotopic (exact) mass is 306 g/mol. The normalized spacial score (nSPS) is 31.7. The van der Waals surface area contributed by atoms with Gasteiger partial charge in [0.2, 0.25) is 0 Å². The van der Waals surface area contributed by atoms with E-state index in [2.05, 4.69) is 22.0 Å². The molecular weight excluding hydrogens is 292 g/mol. The van der Waals surface area contributed by atoms with Gasteiger partial charge in [0.25, 0.3) is 0 Å². The van der Waals surface area contributed by atoms with Crippen molar-refractivity contribution in [1.29, 1.82) is 0 Å². The van der Waals surface area contributed by atoms with Crippen LogP contribution in [0.1, 0.15) is 35.2 Å². The van der Waals surface area contributed by atoms with Crippen LogP contribution in [-0.4, -0.2) is 12.4 Å². The van der Waals surface area contributed by atoms with Crippen LogP contribution in [0.2, 0.25) is 0 Å². The molecule has 3 aliphatic rings. The topological polar surface area (TPSA) is 26.3 Å². The third-order valence-electron chi connectivity index (χ3n) is 4.63. The van der Waals surface area contributed by atoms with Gasteiger partial charge in [0.05, 0.1) is 12.2 Å².